The van der Waals surface area contributed by atoms with Gasteiger partial charge in [-0.1, -0.05) is 19.1 Å². The molecule has 0 aliphatic heterocycles. The zero-order valence-corrected chi connectivity index (χ0v) is 9.29. The van der Waals surface area contributed by atoms with Crippen LogP contribution in [0.5, 0.6) is 0 Å². The third kappa shape index (κ3) is 3.61. The van der Waals surface area contributed by atoms with Gasteiger partial charge in [0.2, 0.25) is 0 Å². The standard InChI is InChI=1S/C12H18FNO/c1-3-9(2)15-8-11-5-4-10(7-14)6-12(11)13/h4-6,9H,3,7-8,14H2,1-2H3. The summed E-state index contributed by atoms with van der Waals surface area (Å²) in [7, 11) is 0. The molecule has 0 aliphatic carbocycles. The van der Waals surface area contributed by atoms with Crippen molar-refractivity contribution < 1.29 is 9.13 Å². The molecule has 0 amide bonds. The number of benzene rings is 1. The SMILES string of the molecule is CCC(C)OCc1ccc(CN)cc1F. The average molecular weight is 211 g/mol. The summed E-state index contributed by atoms with van der Waals surface area (Å²) in [5, 5.41) is 0. The van der Waals surface area contributed by atoms with Gasteiger partial charge in [-0.05, 0) is 25.0 Å². The van der Waals surface area contributed by atoms with Gasteiger partial charge in [-0.2, -0.15) is 0 Å². The third-order valence-electron chi connectivity index (χ3n) is 2.45. The molecule has 84 valence electrons. The van der Waals surface area contributed by atoms with E-state index in [9.17, 15) is 4.39 Å². The molecule has 15 heavy (non-hydrogen) atoms. The van der Waals surface area contributed by atoms with Crippen LogP contribution in [0.1, 0.15) is 31.4 Å². The van der Waals surface area contributed by atoms with Crippen molar-refractivity contribution in [2.45, 2.75) is 39.5 Å². The van der Waals surface area contributed by atoms with E-state index in [0.29, 0.717) is 18.7 Å². The van der Waals surface area contributed by atoms with Gasteiger partial charge >= 0.3 is 0 Å². The molecule has 2 N–H and O–H groups in total. The van der Waals surface area contributed by atoms with Gasteiger partial charge in [-0.25, -0.2) is 4.39 Å². The van der Waals surface area contributed by atoms with Crippen molar-refractivity contribution >= 4 is 0 Å². The van der Waals surface area contributed by atoms with E-state index < -0.39 is 0 Å². The molecule has 2 nitrogen and oxygen atoms in total. The monoisotopic (exact) mass is 211 g/mol. The summed E-state index contributed by atoms with van der Waals surface area (Å²) >= 11 is 0. The second-order valence-electron chi connectivity index (χ2n) is 3.66. The van der Waals surface area contributed by atoms with Crippen LogP contribution in [-0.4, -0.2) is 6.10 Å². The predicted molar refractivity (Wildman–Crippen MR) is 58.8 cm³/mol. The molecule has 0 fully saturated rings. The highest BCUT2D eigenvalue weighted by atomic mass is 19.1. The van der Waals surface area contributed by atoms with Gasteiger partial charge in [0, 0.05) is 12.1 Å². The fourth-order valence-electron chi connectivity index (χ4n) is 1.18. The van der Waals surface area contributed by atoms with Crippen LogP contribution < -0.4 is 5.73 Å². The normalized spacial score (nSPS) is 12.8. The summed E-state index contributed by atoms with van der Waals surface area (Å²) in [5.41, 5.74) is 6.81. The van der Waals surface area contributed by atoms with Gasteiger partial charge in [0.15, 0.2) is 0 Å². The number of ether oxygens (including phenoxy) is 1. The van der Waals surface area contributed by atoms with Crippen molar-refractivity contribution in [1.82, 2.24) is 0 Å². The van der Waals surface area contributed by atoms with Gasteiger partial charge in [-0.3, -0.25) is 0 Å². The van der Waals surface area contributed by atoms with Crippen molar-refractivity contribution in [1.29, 1.82) is 0 Å². The third-order valence-corrected chi connectivity index (χ3v) is 2.45. The van der Waals surface area contributed by atoms with Crippen molar-refractivity contribution in [3.8, 4) is 0 Å². The van der Waals surface area contributed by atoms with Crippen LogP contribution in [0.3, 0.4) is 0 Å². The van der Waals surface area contributed by atoms with E-state index >= 15 is 0 Å². The van der Waals surface area contributed by atoms with Gasteiger partial charge in [0.25, 0.3) is 0 Å². The second kappa shape index (κ2) is 5.83. The smallest absolute Gasteiger partial charge is 0.129 e. The van der Waals surface area contributed by atoms with Crippen LogP contribution in [0, 0.1) is 5.82 Å². The van der Waals surface area contributed by atoms with E-state index in [1.165, 1.54) is 6.07 Å². The second-order valence-corrected chi connectivity index (χ2v) is 3.66. The fourth-order valence-corrected chi connectivity index (χ4v) is 1.18. The predicted octanol–water partition coefficient (Wildman–Crippen LogP) is 2.60. The summed E-state index contributed by atoms with van der Waals surface area (Å²) in [5.74, 6) is -0.235. The molecule has 0 aromatic heterocycles. The topological polar surface area (TPSA) is 35.2 Å². The van der Waals surface area contributed by atoms with Gasteiger partial charge in [0.1, 0.15) is 5.82 Å². The van der Waals surface area contributed by atoms with E-state index in [0.717, 1.165) is 12.0 Å². The van der Waals surface area contributed by atoms with Crippen molar-refractivity contribution in [2.75, 3.05) is 0 Å². The highest BCUT2D eigenvalue weighted by molar-refractivity contribution is 5.23. The summed E-state index contributed by atoms with van der Waals surface area (Å²) in [6.07, 6.45) is 1.10. The Kier molecular flexibility index (Phi) is 4.72. The van der Waals surface area contributed by atoms with E-state index in [1.807, 2.05) is 19.9 Å². The first-order valence-corrected chi connectivity index (χ1v) is 5.26. The van der Waals surface area contributed by atoms with Crippen molar-refractivity contribution in [2.24, 2.45) is 5.73 Å². The maximum absolute atomic E-state index is 13.5. The molecule has 0 spiro atoms. The van der Waals surface area contributed by atoms with Gasteiger partial charge in [0.05, 0.1) is 12.7 Å². The van der Waals surface area contributed by atoms with Crippen molar-refractivity contribution in [3.05, 3.63) is 35.1 Å². The highest BCUT2D eigenvalue weighted by Gasteiger charge is 2.05. The lowest BCUT2D eigenvalue weighted by molar-refractivity contribution is 0.0492. The first-order valence-electron chi connectivity index (χ1n) is 5.26. The molecular formula is C12H18FNO. The summed E-state index contributed by atoms with van der Waals surface area (Å²) in [4.78, 5) is 0. The van der Waals surface area contributed by atoms with Crippen LogP contribution in [0.2, 0.25) is 0 Å². The minimum Gasteiger partial charge on any atom is -0.374 e. The molecule has 0 aliphatic rings. The number of nitrogens with two attached hydrogens (primary N) is 1. The maximum atomic E-state index is 13.5. The van der Waals surface area contributed by atoms with Crippen LogP contribution in [0.4, 0.5) is 4.39 Å². The maximum Gasteiger partial charge on any atom is 0.129 e. The molecule has 0 heterocycles. The Morgan fingerprint density at radius 1 is 1.47 bits per heavy atom. The lowest BCUT2D eigenvalue weighted by Crippen LogP contribution is -2.07. The molecule has 1 atom stereocenters. The summed E-state index contributed by atoms with van der Waals surface area (Å²) in [6, 6.07) is 5.04. The molecular weight excluding hydrogens is 193 g/mol. The molecule has 3 heteroatoms. The van der Waals surface area contributed by atoms with Crippen LogP contribution in [0.15, 0.2) is 18.2 Å². The van der Waals surface area contributed by atoms with Gasteiger partial charge < -0.3 is 10.5 Å². The van der Waals surface area contributed by atoms with Crippen LogP contribution >= 0.6 is 0 Å². The first kappa shape index (κ1) is 12.1. The lowest BCUT2D eigenvalue weighted by Gasteiger charge is -2.11. The largest absolute Gasteiger partial charge is 0.374 e. The Balaban J connectivity index is 2.62. The Morgan fingerprint density at radius 2 is 2.20 bits per heavy atom. The molecule has 0 saturated carbocycles. The number of hydrogen-bond donors (Lipinski definition) is 1. The van der Waals surface area contributed by atoms with Crippen LogP contribution in [0.25, 0.3) is 0 Å². The molecule has 1 unspecified atom stereocenters. The fraction of sp³-hybridized carbons (Fsp3) is 0.500. The summed E-state index contributed by atoms with van der Waals surface area (Å²) in [6.45, 7) is 4.71. The quantitative estimate of drug-likeness (QED) is 0.812. The zero-order valence-electron chi connectivity index (χ0n) is 9.29. The first-order chi connectivity index (χ1) is 7.17. The molecule has 0 bridgehead atoms. The Morgan fingerprint density at radius 3 is 2.73 bits per heavy atom. The number of halogens is 1. The minimum absolute atomic E-state index is 0.165. The van der Waals surface area contributed by atoms with Gasteiger partial charge in [-0.15, -0.1) is 0 Å². The number of rotatable bonds is 5. The molecule has 1 aromatic rings. The van der Waals surface area contributed by atoms with E-state index in [2.05, 4.69) is 0 Å². The van der Waals surface area contributed by atoms with E-state index in [-0.39, 0.29) is 11.9 Å². The molecule has 1 aromatic carbocycles. The Bertz CT molecular complexity index is 314. The zero-order chi connectivity index (χ0) is 11.3. The van der Waals surface area contributed by atoms with E-state index in [1.54, 1.807) is 6.07 Å². The summed E-state index contributed by atoms with van der Waals surface area (Å²) < 4.78 is 18.9. The molecule has 1 rings (SSSR count). The molecule has 0 radical (unpaired) electrons. The Hall–Kier alpha value is -0.930. The van der Waals surface area contributed by atoms with Crippen LogP contribution in [-0.2, 0) is 17.9 Å². The highest BCUT2D eigenvalue weighted by Crippen LogP contribution is 2.12. The minimum atomic E-state index is -0.235. The molecule has 0 saturated heterocycles. The van der Waals surface area contributed by atoms with Crippen molar-refractivity contribution in [3.63, 3.8) is 0 Å². The lowest BCUT2D eigenvalue weighted by atomic mass is 10.1. The number of hydrogen-bond acceptors (Lipinski definition) is 2. The van der Waals surface area contributed by atoms with E-state index in [4.69, 9.17) is 10.5 Å². The Labute approximate surface area is 90.2 Å². The average Bonchev–Trinajstić information content (AvgIpc) is 2.26.